The quantitative estimate of drug-likeness (QED) is 0.816. The number of benzene rings is 1. The largest absolute Gasteiger partial charge is 0.346 e. The predicted octanol–water partition coefficient (Wildman–Crippen LogP) is 4.39. The SMILES string of the molecule is CC.c1ccc(-c2csc(N3CCSCC3)n2)cc1. The summed E-state index contributed by atoms with van der Waals surface area (Å²) in [5.74, 6) is 2.44. The van der Waals surface area contributed by atoms with E-state index >= 15 is 0 Å². The summed E-state index contributed by atoms with van der Waals surface area (Å²) in [5, 5.41) is 3.33. The molecule has 0 unspecified atom stereocenters. The first-order valence-corrected chi connectivity index (χ1v) is 8.80. The van der Waals surface area contributed by atoms with Crippen molar-refractivity contribution in [3.05, 3.63) is 35.7 Å². The summed E-state index contributed by atoms with van der Waals surface area (Å²) in [7, 11) is 0. The van der Waals surface area contributed by atoms with E-state index in [1.807, 2.05) is 31.7 Å². The zero-order valence-electron chi connectivity index (χ0n) is 11.5. The Morgan fingerprint density at radius 1 is 1.05 bits per heavy atom. The Morgan fingerprint density at radius 3 is 2.42 bits per heavy atom. The van der Waals surface area contributed by atoms with Gasteiger partial charge in [-0.2, -0.15) is 11.8 Å². The van der Waals surface area contributed by atoms with Crippen LogP contribution in [0.5, 0.6) is 0 Å². The predicted molar refractivity (Wildman–Crippen MR) is 88.4 cm³/mol. The average Bonchev–Trinajstić information content (AvgIpc) is 3.01. The van der Waals surface area contributed by atoms with Crippen LogP contribution in [-0.2, 0) is 0 Å². The molecule has 0 aliphatic carbocycles. The highest BCUT2D eigenvalue weighted by atomic mass is 32.2. The zero-order valence-corrected chi connectivity index (χ0v) is 13.1. The summed E-state index contributed by atoms with van der Waals surface area (Å²) in [5.41, 5.74) is 2.31. The van der Waals surface area contributed by atoms with Gasteiger partial charge in [0.15, 0.2) is 5.13 Å². The molecular weight excluding hydrogens is 272 g/mol. The first-order valence-electron chi connectivity index (χ1n) is 6.77. The lowest BCUT2D eigenvalue weighted by Crippen LogP contribution is -2.32. The number of nitrogens with zero attached hydrogens (tertiary/aromatic N) is 2. The molecule has 0 bridgehead atoms. The van der Waals surface area contributed by atoms with Crippen molar-refractivity contribution in [2.24, 2.45) is 0 Å². The van der Waals surface area contributed by atoms with Crippen LogP contribution in [0, 0.1) is 0 Å². The van der Waals surface area contributed by atoms with E-state index < -0.39 is 0 Å². The van der Waals surface area contributed by atoms with E-state index in [1.54, 1.807) is 11.3 Å². The van der Waals surface area contributed by atoms with Gasteiger partial charge in [-0.05, 0) is 0 Å². The number of hydrogen-bond donors (Lipinski definition) is 0. The number of rotatable bonds is 2. The van der Waals surface area contributed by atoms with Crippen LogP contribution in [0.3, 0.4) is 0 Å². The molecule has 2 nitrogen and oxygen atoms in total. The van der Waals surface area contributed by atoms with Gasteiger partial charge in [-0.15, -0.1) is 11.3 Å². The summed E-state index contributed by atoms with van der Waals surface area (Å²) < 4.78 is 0. The van der Waals surface area contributed by atoms with Crippen molar-refractivity contribution < 1.29 is 0 Å². The Kier molecular flexibility index (Phi) is 5.73. The van der Waals surface area contributed by atoms with Gasteiger partial charge in [0.05, 0.1) is 5.69 Å². The summed E-state index contributed by atoms with van der Waals surface area (Å²) in [6, 6.07) is 10.4. The third kappa shape index (κ3) is 3.74. The van der Waals surface area contributed by atoms with Crippen molar-refractivity contribution in [1.82, 2.24) is 4.98 Å². The molecule has 0 saturated carbocycles. The Bertz CT molecular complexity index is 476. The molecule has 1 aliphatic heterocycles. The topological polar surface area (TPSA) is 16.1 Å². The summed E-state index contributed by atoms with van der Waals surface area (Å²) >= 11 is 3.79. The van der Waals surface area contributed by atoms with Crippen LogP contribution in [0.15, 0.2) is 35.7 Å². The molecule has 1 aromatic heterocycles. The fourth-order valence-corrected chi connectivity index (χ4v) is 3.70. The van der Waals surface area contributed by atoms with Crippen LogP contribution in [0.2, 0.25) is 0 Å². The van der Waals surface area contributed by atoms with Gasteiger partial charge < -0.3 is 4.90 Å². The normalized spacial score (nSPS) is 14.7. The number of aromatic nitrogens is 1. The van der Waals surface area contributed by atoms with E-state index in [4.69, 9.17) is 4.98 Å². The van der Waals surface area contributed by atoms with Crippen molar-refractivity contribution in [1.29, 1.82) is 0 Å². The van der Waals surface area contributed by atoms with E-state index in [0.29, 0.717) is 0 Å². The molecule has 1 saturated heterocycles. The second-order valence-electron chi connectivity index (χ2n) is 3.98. The smallest absolute Gasteiger partial charge is 0.185 e. The van der Waals surface area contributed by atoms with Gasteiger partial charge in [0.1, 0.15) is 0 Å². The maximum Gasteiger partial charge on any atom is 0.185 e. The van der Waals surface area contributed by atoms with E-state index in [9.17, 15) is 0 Å². The van der Waals surface area contributed by atoms with Gasteiger partial charge in [0.25, 0.3) is 0 Å². The molecular formula is C15H20N2S2. The lowest BCUT2D eigenvalue weighted by Gasteiger charge is -2.25. The van der Waals surface area contributed by atoms with Crippen molar-refractivity contribution in [2.45, 2.75) is 13.8 Å². The summed E-state index contributed by atoms with van der Waals surface area (Å²) in [6.07, 6.45) is 0. The van der Waals surface area contributed by atoms with E-state index in [0.717, 1.165) is 18.8 Å². The number of anilines is 1. The molecule has 1 aliphatic rings. The van der Waals surface area contributed by atoms with Crippen LogP contribution in [-0.4, -0.2) is 29.6 Å². The highest BCUT2D eigenvalue weighted by molar-refractivity contribution is 7.99. The molecule has 1 aromatic carbocycles. The second kappa shape index (κ2) is 7.56. The Hall–Kier alpha value is -1.00. The molecule has 0 spiro atoms. The fourth-order valence-electron chi connectivity index (χ4n) is 1.91. The maximum atomic E-state index is 4.74. The van der Waals surface area contributed by atoms with Crippen LogP contribution in [0.25, 0.3) is 11.3 Å². The highest BCUT2D eigenvalue weighted by Crippen LogP contribution is 2.28. The number of thiazole rings is 1. The Morgan fingerprint density at radius 2 is 1.74 bits per heavy atom. The van der Waals surface area contributed by atoms with Gasteiger partial charge in [0.2, 0.25) is 0 Å². The lowest BCUT2D eigenvalue weighted by atomic mass is 10.2. The fraction of sp³-hybridized carbons (Fsp3) is 0.400. The third-order valence-electron chi connectivity index (χ3n) is 2.84. The molecule has 102 valence electrons. The van der Waals surface area contributed by atoms with E-state index in [2.05, 4.69) is 34.5 Å². The van der Waals surface area contributed by atoms with Crippen molar-refractivity contribution in [3.63, 3.8) is 0 Å². The van der Waals surface area contributed by atoms with Crippen LogP contribution in [0.4, 0.5) is 5.13 Å². The minimum Gasteiger partial charge on any atom is -0.346 e. The van der Waals surface area contributed by atoms with E-state index in [-0.39, 0.29) is 0 Å². The van der Waals surface area contributed by atoms with Crippen LogP contribution in [0.1, 0.15) is 13.8 Å². The van der Waals surface area contributed by atoms with Gasteiger partial charge >= 0.3 is 0 Å². The Balaban J connectivity index is 0.000000637. The highest BCUT2D eigenvalue weighted by Gasteiger charge is 2.14. The van der Waals surface area contributed by atoms with Crippen LogP contribution < -0.4 is 4.90 Å². The maximum absolute atomic E-state index is 4.74. The molecule has 0 amide bonds. The van der Waals surface area contributed by atoms with Gasteiger partial charge in [-0.3, -0.25) is 0 Å². The van der Waals surface area contributed by atoms with Gasteiger partial charge in [0, 0.05) is 35.5 Å². The number of hydrogen-bond acceptors (Lipinski definition) is 4. The van der Waals surface area contributed by atoms with Gasteiger partial charge in [-0.1, -0.05) is 44.2 Å². The van der Waals surface area contributed by atoms with Crippen LogP contribution >= 0.6 is 23.1 Å². The number of thioether (sulfide) groups is 1. The molecule has 1 fully saturated rings. The zero-order chi connectivity index (χ0) is 13.5. The summed E-state index contributed by atoms with van der Waals surface area (Å²) in [4.78, 5) is 7.14. The van der Waals surface area contributed by atoms with Crippen molar-refractivity contribution in [2.75, 3.05) is 29.5 Å². The molecule has 0 radical (unpaired) electrons. The lowest BCUT2D eigenvalue weighted by molar-refractivity contribution is 0.853. The standard InChI is InChI=1S/C13H14N2S2.C2H6/c1-2-4-11(5-3-1)12-10-17-13(14-12)15-6-8-16-9-7-15;1-2/h1-5,10H,6-9H2;1-2H3. The Labute approximate surface area is 123 Å². The average molecular weight is 292 g/mol. The minimum absolute atomic E-state index is 1.10. The molecule has 4 heteroatoms. The molecule has 2 heterocycles. The van der Waals surface area contributed by atoms with Gasteiger partial charge in [-0.25, -0.2) is 4.98 Å². The summed E-state index contributed by atoms with van der Waals surface area (Å²) in [6.45, 7) is 6.26. The van der Waals surface area contributed by atoms with Crippen molar-refractivity contribution in [3.8, 4) is 11.3 Å². The van der Waals surface area contributed by atoms with E-state index in [1.165, 1.54) is 22.2 Å². The minimum atomic E-state index is 1.10. The second-order valence-corrected chi connectivity index (χ2v) is 6.04. The molecule has 2 aromatic rings. The van der Waals surface area contributed by atoms with Crippen molar-refractivity contribution >= 4 is 28.2 Å². The molecule has 0 N–H and O–H groups in total. The monoisotopic (exact) mass is 292 g/mol. The molecule has 3 rings (SSSR count). The third-order valence-corrected chi connectivity index (χ3v) is 4.69. The first-order chi connectivity index (χ1) is 9.43. The first kappa shape index (κ1) is 14.4. The molecule has 19 heavy (non-hydrogen) atoms. The molecule has 0 atom stereocenters.